The molecule has 6 nitrogen and oxygen atoms in total. The number of halogens is 1. The number of thiophene rings is 1. The van der Waals surface area contributed by atoms with E-state index in [0.717, 1.165) is 13.0 Å². The van der Waals surface area contributed by atoms with E-state index in [1.54, 1.807) is 23.5 Å². The first-order valence-corrected chi connectivity index (χ1v) is 11.9. The Bertz CT molecular complexity index is 951. The lowest BCUT2D eigenvalue weighted by Crippen LogP contribution is -2.51. The molecule has 2 aromatic rings. The maximum Gasteiger partial charge on any atom is 0.243 e. The molecule has 1 amide bonds. The van der Waals surface area contributed by atoms with E-state index >= 15 is 0 Å². The van der Waals surface area contributed by atoms with E-state index in [2.05, 4.69) is 11.4 Å². The van der Waals surface area contributed by atoms with Crippen molar-refractivity contribution < 1.29 is 13.2 Å². The molecule has 0 bridgehead atoms. The van der Waals surface area contributed by atoms with Gasteiger partial charge in [-0.3, -0.25) is 9.69 Å². The molecule has 150 valence electrons. The Hall–Kier alpha value is -1.45. The molecule has 2 aliphatic heterocycles. The molecule has 9 heteroatoms. The van der Waals surface area contributed by atoms with Gasteiger partial charge in [0.1, 0.15) is 0 Å². The zero-order valence-corrected chi connectivity index (χ0v) is 17.8. The fourth-order valence-electron chi connectivity index (χ4n) is 3.64. The topological polar surface area (TPSA) is 60.9 Å². The normalized spacial score (nSPS) is 18.8. The molecule has 4 rings (SSSR count). The fourth-order valence-corrected chi connectivity index (χ4v) is 6.07. The molecule has 0 atom stereocenters. The molecule has 0 N–H and O–H groups in total. The molecular formula is C19H22ClN3O3S2. The Morgan fingerprint density at radius 1 is 1.04 bits per heavy atom. The van der Waals surface area contributed by atoms with Gasteiger partial charge < -0.3 is 4.90 Å². The molecule has 0 unspecified atom stereocenters. The van der Waals surface area contributed by atoms with Crippen molar-refractivity contribution in [2.45, 2.75) is 17.9 Å². The van der Waals surface area contributed by atoms with Crippen molar-refractivity contribution in [1.29, 1.82) is 0 Å². The summed E-state index contributed by atoms with van der Waals surface area (Å²) in [4.78, 5) is 18.3. The average molecular weight is 440 g/mol. The first kappa shape index (κ1) is 19.8. The number of piperazine rings is 1. The Kier molecular flexibility index (Phi) is 5.76. The van der Waals surface area contributed by atoms with Crippen molar-refractivity contribution in [3.05, 3.63) is 51.2 Å². The fraction of sp³-hybridized carbons (Fsp3) is 0.421. The van der Waals surface area contributed by atoms with Gasteiger partial charge in [-0.25, -0.2) is 8.42 Å². The van der Waals surface area contributed by atoms with Crippen LogP contribution in [0.25, 0.3) is 0 Å². The largest absolute Gasteiger partial charge is 0.337 e. The maximum absolute atomic E-state index is 12.8. The quantitative estimate of drug-likeness (QED) is 0.733. The van der Waals surface area contributed by atoms with E-state index in [4.69, 9.17) is 11.6 Å². The second-order valence-electron chi connectivity index (χ2n) is 7.07. The van der Waals surface area contributed by atoms with Crippen LogP contribution in [0.15, 0.2) is 40.6 Å². The monoisotopic (exact) mass is 439 g/mol. The van der Waals surface area contributed by atoms with E-state index in [9.17, 15) is 13.2 Å². The highest BCUT2D eigenvalue weighted by molar-refractivity contribution is 7.89. The highest BCUT2D eigenvalue weighted by Crippen LogP contribution is 2.24. The summed E-state index contributed by atoms with van der Waals surface area (Å²) in [6, 6.07) is 8.33. The summed E-state index contributed by atoms with van der Waals surface area (Å²) < 4.78 is 27.0. The molecule has 0 saturated carbocycles. The average Bonchev–Trinajstić information content (AvgIpc) is 3.16. The molecule has 0 aliphatic carbocycles. The van der Waals surface area contributed by atoms with Crippen LogP contribution in [0.1, 0.15) is 10.4 Å². The number of carbonyl (C=O) groups excluding carboxylic acids is 1. The first-order chi connectivity index (χ1) is 13.4. The van der Waals surface area contributed by atoms with E-state index < -0.39 is 10.0 Å². The second kappa shape index (κ2) is 8.12. The number of fused-ring (bicyclic) bond motifs is 1. The van der Waals surface area contributed by atoms with Crippen molar-refractivity contribution in [1.82, 2.24) is 14.1 Å². The van der Waals surface area contributed by atoms with Gasteiger partial charge in [0.05, 0.1) is 11.4 Å². The summed E-state index contributed by atoms with van der Waals surface area (Å²) in [7, 11) is -3.52. The Morgan fingerprint density at radius 2 is 1.75 bits per heavy atom. The molecule has 0 spiro atoms. The van der Waals surface area contributed by atoms with Gasteiger partial charge in [-0.15, -0.1) is 11.3 Å². The summed E-state index contributed by atoms with van der Waals surface area (Å²) in [6.45, 7) is 3.65. The lowest BCUT2D eigenvalue weighted by molar-refractivity contribution is -0.133. The second-order valence-corrected chi connectivity index (χ2v) is 10.4. The number of benzene rings is 1. The van der Waals surface area contributed by atoms with E-state index in [-0.39, 0.29) is 10.8 Å². The maximum atomic E-state index is 12.8. The lowest BCUT2D eigenvalue weighted by Gasteiger charge is -2.35. The van der Waals surface area contributed by atoms with Crippen molar-refractivity contribution in [2.24, 2.45) is 0 Å². The molecule has 1 fully saturated rings. The number of hydrogen-bond donors (Lipinski definition) is 0. The predicted octanol–water partition coefficient (Wildman–Crippen LogP) is 2.29. The van der Waals surface area contributed by atoms with Crippen molar-refractivity contribution >= 4 is 38.9 Å². The zero-order chi connectivity index (χ0) is 19.7. The molecule has 2 aliphatic rings. The molecule has 3 heterocycles. The minimum absolute atomic E-state index is 0.117. The number of hydrogen-bond acceptors (Lipinski definition) is 5. The molecule has 1 aromatic carbocycles. The number of amides is 1. The third kappa shape index (κ3) is 4.11. The molecular weight excluding hydrogens is 418 g/mol. The Balaban J connectivity index is 1.32. The van der Waals surface area contributed by atoms with Crippen LogP contribution in [0.5, 0.6) is 0 Å². The summed E-state index contributed by atoms with van der Waals surface area (Å²) in [5.74, 6) is 0.117. The summed E-state index contributed by atoms with van der Waals surface area (Å²) in [6.07, 6.45) is 0.922. The third-order valence-corrected chi connectivity index (χ3v) is 8.49. The van der Waals surface area contributed by atoms with Gasteiger partial charge >= 0.3 is 0 Å². The van der Waals surface area contributed by atoms with Crippen molar-refractivity contribution in [2.75, 3.05) is 39.3 Å². The standard InChI is InChI=1S/C19H22ClN3O3S2/c20-16-1-3-17(4-2-16)28(25,26)23-10-8-21(9-11-23)14-19(24)22-7-5-18-15(13-22)6-12-27-18/h1-4,6,12H,5,7-11,13-14H2. The van der Waals surface area contributed by atoms with Crippen LogP contribution in [-0.4, -0.2) is 67.7 Å². The van der Waals surface area contributed by atoms with Crippen LogP contribution >= 0.6 is 22.9 Å². The van der Waals surface area contributed by atoms with Gasteiger partial charge in [-0.05, 0) is 47.7 Å². The molecule has 0 radical (unpaired) electrons. The summed E-state index contributed by atoms with van der Waals surface area (Å²) in [5.41, 5.74) is 1.25. The van der Waals surface area contributed by atoms with Gasteiger partial charge in [-0.1, -0.05) is 11.6 Å². The minimum Gasteiger partial charge on any atom is -0.337 e. The van der Waals surface area contributed by atoms with Crippen LogP contribution in [0.3, 0.4) is 0 Å². The highest BCUT2D eigenvalue weighted by atomic mass is 35.5. The van der Waals surface area contributed by atoms with Gasteiger partial charge in [0.2, 0.25) is 15.9 Å². The number of nitrogens with zero attached hydrogens (tertiary/aromatic N) is 3. The molecule has 1 saturated heterocycles. The number of carbonyl (C=O) groups is 1. The van der Waals surface area contributed by atoms with Gasteiger partial charge in [0.15, 0.2) is 0 Å². The smallest absolute Gasteiger partial charge is 0.243 e. The van der Waals surface area contributed by atoms with Gasteiger partial charge in [-0.2, -0.15) is 4.31 Å². The van der Waals surface area contributed by atoms with Crippen LogP contribution in [-0.2, 0) is 27.8 Å². The van der Waals surface area contributed by atoms with E-state index in [1.165, 1.54) is 26.9 Å². The Morgan fingerprint density at radius 3 is 2.46 bits per heavy atom. The van der Waals surface area contributed by atoms with Crippen LogP contribution in [0.4, 0.5) is 0 Å². The third-order valence-electron chi connectivity index (χ3n) is 5.30. The van der Waals surface area contributed by atoms with E-state index in [1.807, 2.05) is 9.80 Å². The molecule has 28 heavy (non-hydrogen) atoms. The van der Waals surface area contributed by atoms with Crippen LogP contribution in [0.2, 0.25) is 5.02 Å². The lowest BCUT2D eigenvalue weighted by atomic mass is 10.1. The molecule has 1 aromatic heterocycles. The van der Waals surface area contributed by atoms with Crippen molar-refractivity contribution in [3.8, 4) is 0 Å². The highest BCUT2D eigenvalue weighted by Gasteiger charge is 2.30. The summed E-state index contributed by atoms with van der Waals surface area (Å²) >= 11 is 7.61. The first-order valence-electron chi connectivity index (χ1n) is 9.24. The van der Waals surface area contributed by atoms with Crippen molar-refractivity contribution in [3.63, 3.8) is 0 Å². The van der Waals surface area contributed by atoms with Crippen LogP contribution in [0, 0.1) is 0 Å². The van der Waals surface area contributed by atoms with E-state index in [0.29, 0.717) is 44.3 Å². The van der Waals surface area contributed by atoms with Crippen LogP contribution < -0.4 is 0 Å². The number of rotatable bonds is 4. The zero-order valence-electron chi connectivity index (χ0n) is 15.4. The SMILES string of the molecule is O=C(CN1CCN(S(=O)(=O)c2ccc(Cl)cc2)CC1)N1CCc2sccc2C1. The van der Waals surface area contributed by atoms with Gasteiger partial charge in [0, 0.05) is 49.2 Å². The van der Waals surface area contributed by atoms with Gasteiger partial charge in [0.25, 0.3) is 0 Å². The summed E-state index contributed by atoms with van der Waals surface area (Å²) in [5, 5.41) is 2.59. The Labute approximate surface area is 174 Å². The minimum atomic E-state index is -3.52. The predicted molar refractivity (Wildman–Crippen MR) is 110 cm³/mol. The number of sulfonamides is 1.